The molecule has 2 aromatic carbocycles. The van der Waals surface area contributed by atoms with Crippen LogP contribution in [0.5, 0.6) is 5.75 Å². The number of amides is 1. The fourth-order valence-electron chi connectivity index (χ4n) is 3.84. The average Bonchev–Trinajstić information content (AvgIpc) is 3.08. The van der Waals surface area contributed by atoms with Crippen LogP contribution in [0.3, 0.4) is 0 Å². The average molecular weight is 468 g/mol. The van der Waals surface area contributed by atoms with E-state index < -0.39 is 35.6 Å². The minimum atomic E-state index is -4.92. The first-order valence-corrected chi connectivity index (χ1v) is 10.3. The Morgan fingerprint density at radius 1 is 1.03 bits per heavy atom. The highest BCUT2D eigenvalue weighted by molar-refractivity contribution is 6.16. The van der Waals surface area contributed by atoms with Crippen LogP contribution in [0.1, 0.15) is 23.7 Å². The second kappa shape index (κ2) is 9.38. The first-order chi connectivity index (χ1) is 16.2. The molecule has 3 aromatic rings. The largest absolute Gasteiger partial charge is 0.573 e. The van der Waals surface area contributed by atoms with E-state index in [0.717, 1.165) is 22.6 Å². The molecule has 1 amide bonds. The Hall–Kier alpha value is -4.14. The summed E-state index contributed by atoms with van der Waals surface area (Å²) >= 11 is 0. The summed E-state index contributed by atoms with van der Waals surface area (Å²) in [6.07, 6.45) is -3.06. The van der Waals surface area contributed by atoms with Crippen LogP contribution in [0, 0.1) is 0 Å². The number of ether oxygens (including phenoxy) is 1. The van der Waals surface area contributed by atoms with Crippen molar-refractivity contribution in [2.75, 3.05) is 4.90 Å². The number of aliphatic hydroxyl groups is 1. The maximum absolute atomic E-state index is 13.2. The van der Waals surface area contributed by atoms with Gasteiger partial charge in [-0.3, -0.25) is 19.5 Å². The summed E-state index contributed by atoms with van der Waals surface area (Å²) in [6.45, 7) is 0. The van der Waals surface area contributed by atoms with Gasteiger partial charge in [-0.05, 0) is 36.2 Å². The van der Waals surface area contributed by atoms with Gasteiger partial charge in [-0.25, -0.2) is 0 Å². The van der Waals surface area contributed by atoms with Gasteiger partial charge in [0, 0.05) is 24.4 Å². The Labute approximate surface area is 192 Å². The number of rotatable bonds is 7. The van der Waals surface area contributed by atoms with Crippen molar-refractivity contribution in [3.63, 3.8) is 0 Å². The lowest BCUT2D eigenvalue weighted by molar-refractivity contribution is -0.274. The van der Waals surface area contributed by atoms with E-state index in [0.29, 0.717) is 6.42 Å². The predicted octanol–water partition coefficient (Wildman–Crippen LogP) is 5.08. The zero-order valence-electron chi connectivity index (χ0n) is 17.7. The van der Waals surface area contributed by atoms with Crippen LogP contribution in [0.2, 0.25) is 0 Å². The quantitative estimate of drug-likeness (QED) is 0.523. The third kappa shape index (κ3) is 4.93. The number of aliphatic hydroxyl groups excluding tert-OH is 1. The zero-order chi connectivity index (χ0) is 24.3. The van der Waals surface area contributed by atoms with Crippen molar-refractivity contribution in [1.29, 1.82) is 0 Å². The Bertz CT molecular complexity index is 1230. The lowest BCUT2D eigenvalue weighted by atomic mass is 9.95. The second-order valence-corrected chi connectivity index (χ2v) is 7.55. The first-order valence-electron chi connectivity index (χ1n) is 10.3. The van der Waals surface area contributed by atoms with Crippen molar-refractivity contribution >= 4 is 17.4 Å². The smallest absolute Gasteiger partial charge is 0.503 e. The van der Waals surface area contributed by atoms with Gasteiger partial charge < -0.3 is 9.84 Å². The molecule has 1 aliphatic heterocycles. The Kier molecular flexibility index (Phi) is 6.36. The molecule has 34 heavy (non-hydrogen) atoms. The van der Waals surface area contributed by atoms with Crippen molar-refractivity contribution in [2.24, 2.45) is 0 Å². The molecule has 0 aliphatic carbocycles. The highest BCUT2D eigenvalue weighted by atomic mass is 19.4. The molecule has 4 rings (SSSR count). The number of alkyl halides is 3. The molecule has 0 radical (unpaired) electrons. The summed E-state index contributed by atoms with van der Waals surface area (Å²) in [5.41, 5.74) is 1.05. The number of pyridine rings is 1. The standard InChI is InChI=1S/C25H19F3N2O4/c26-25(27,28)34-18-10-6-9-17(15-18)30-22(19-11-4-5-14-29-19)21(23(32)24(30)33)20(31)13-12-16-7-2-1-3-8-16/h1-11,14-15,22,32H,12-13H2. The fraction of sp³-hybridized carbons (Fsp3) is 0.160. The first kappa shape index (κ1) is 23.0. The maximum Gasteiger partial charge on any atom is 0.573 e. The summed E-state index contributed by atoms with van der Waals surface area (Å²) in [6, 6.07) is 17.8. The molecule has 9 heteroatoms. The van der Waals surface area contributed by atoms with Crippen molar-refractivity contribution in [2.45, 2.75) is 25.2 Å². The van der Waals surface area contributed by atoms with E-state index >= 15 is 0 Å². The van der Waals surface area contributed by atoms with Crippen LogP contribution in [0.15, 0.2) is 90.3 Å². The number of ketones is 1. The summed E-state index contributed by atoms with van der Waals surface area (Å²) in [7, 11) is 0. The lowest BCUT2D eigenvalue weighted by Crippen LogP contribution is -2.31. The van der Waals surface area contributed by atoms with Crippen molar-refractivity contribution in [3.8, 4) is 5.75 Å². The van der Waals surface area contributed by atoms with Crippen molar-refractivity contribution < 1.29 is 32.6 Å². The molecule has 0 fully saturated rings. The number of benzene rings is 2. The van der Waals surface area contributed by atoms with Gasteiger partial charge in [-0.2, -0.15) is 0 Å². The third-order valence-electron chi connectivity index (χ3n) is 5.29. The summed E-state index contributed by atoms with van der Waals surface area (Å²) in [4.78, 5) is 31.5. The molecule has 2 heterocycles. The molecule has 0 saturated carbocycles. The van der Waals surface area contributed by atoms with Crippen LogP contribution in [0.4, 0.5) is 18.9 Å². The molecule has 1 aliphatic rings. The molecule has 1 unspecified atom stereocenters. The number of carbonyl (C=O) groups is 2. The number of nitrogens with zero attached hydrogens (tertiary/aromatic N) is 2. The minimum Gasteiger partial charge on any atom is -0.503 e. The number of aryl methyl sites for hydroxylation is 1. The van der Waals surface area contributed by atoms with E-state index in [1.807, 2.05) is 30.3 Å². The van der Waals surface area contributed by atoms with Gasteiger partial charge in [0.2, 0.25) is 0 Å². The van der Waals surface area contributed by atoms with Gasteiger partial charge in [0.15, 0.2) is 11.5 Å². The fourth-order valence-corrected chi connectivity index (χ4v) is 3.84. The Morgan fingerprint density at radius 2 is 1.76 bits per heavy atom. The number of aromatic nitrogens is 1. The molecule has 0 saturated heterocycles. The van der Waals surface area contributed by atoms with Gasteiger partial charge in [0.1, 0.15) is 11.8 Å². The molecule has 174 valence electrons. The van der Waals surface area contributed by atoms with Crippen LogP contribution in [-0.4, -0.2) is 28.1 Å². The molecule has 0 spiro atoms. The van der Waals surface area contributed by atoms with Crippen molar-refractivity contribution in [1.82, 2.24) is 4.98 Å². The zero-order valence-corrected chi connectivity index (χ0v) is 17.7. The molecule has 1 N–H and O–H groups in total. The Balaban J connectivity index is 1.70. The summed E-state index contributed by atoms with van der Waals surface area (Å²) < 4.78 is 42.1. The van der Waals surface area contributed by atoms with Gasteiger partial charge >= 0.3 is 6.36 Å². The van der Waals surface area contributed by atoms with Gasteiger partial charge in [0.05, 0.1) is 11.3 Å². The van der Waals surface area contributed by atoms with Crippen molar-refractivity contribution in [3.05, 3.63) is 102 Å². The number of Topliss-reactive ketones (excluding diaryl/α,β-unsaturated/α-hetero) is 1. The lowest BCUT2D eigenvalue weighted by Gasteiger charge is -2.26. The topological polar surface area (TPSA) is 79.7 Å². The molecular weight excluding hydrogens is 449 g/mol. The van der Waals surface area contributed by atoms with E-state index in [1.54, 1.807) is 18.2 Å². The molecule has 1 atom stereocenters. The normalized spacial score (nSPS) is 16.1. The van der Waals surface area contributed by atoms with Crippen LogP contribution >= 0.6 is 0 Å². The highest BCUT2D eigenvalue weighted by Gasteiger charge is 2.45. The Morgan fingerprint density at radius 3 is 2.44 bits per heavy atom. The van der Waals surface area contributed by atoms with E-state index in [4.69, 9.17) is 0 Å². The van der Waals surface area contributed by atoms with E-state index in [-0.39, 0.29) is 23.4 Å². The minimum absolute atomic E-state index is 0.0137. The van der Waals surface area contributed by atoms with Crippen LogP contribution in [0.25, 0.3) is 0 Å². The number of hydrogen-bond acceptors (Lipinski definition) is 5. The van der Waals surface area contributed by atoms with Crippen LogP contribution in [-0.2, 0) is 16.0 Å². The highest BCUT2D eigenvalue weighted by Crippen LogP contribution is 2.41. The van der Waals surface area contributed by atoms with E-state index in [2.05, 4.69) is 9.72 Å². The number of halogens is 3. The second-order valence-electron chi connectivity index (χ2n) is 7.55. The van der Waals surface area contributed by atoms with E-state index in [9.17, 15) is 27.9 Å². The summed E-state index contributed by atoms with van der Waals surface area (Å²) in [5, 5.41) is 10.7. The van der Waals surface area contributed by atoms with E-state index in [1.165, 1.54) is 18.3 Å². The SMILES string of the molecule is O=C(CCc1ccccc1)C1=C(O)C(=O)N(c2cccc(OC(F)(F)F)c2)C1c1ccccn1. The maximum atomic E-state index is 13.2. The number of hydrogen-bond donors (Lipinski definition) is 1. The van der Waals surface area contributed by atoms with Crippen LogP contribution < -0.4 is 9.64 Å². The van der Waals surface area contributed by atoms with Gasteiger partial charge in [0.25, 0.3) is 5.91 Å². The summed E-state index contributed by atoms with van der Waals surface area (Å²) in [5.74, 6) is -2.67. The predicted molar refractivity (Wildman–Crippen MR) is 117 cm³/mol. The molecule has 1 aromatic heterocycles. The monoisotopic (exact) mass is 468 g/mol. The van der Waals surface area contributed by atoms with Gasteiger partial charge in [-0.15, -0.1) is 13.2 Å². The van der Waals surface area contributed by atoms with Gasteiger partial charge in [-0.1, -0.05) is 42.5 Å². The molecule has 6 nitrogen and oxygen atoms in total. The number of carbonyl (C=O) groups excluding carboxylic acids is 2. The third-order valence-corrected chi connectivity index (χ3v) is 5.29. The molecule has 0 bridgehead atoms. The number of anilines is 1. The molecular formula is C25H19F3N2O4.